The van der Waals surface area contributed by atoms with Crippen molar-refractivity contribution in [3.63, 3.8) is 0 Å². The summed E-state index contributed by atoms with van der Waals surface area (Å²) in [6, 6.07) is 3.97. The Labute approximate surface area is 144 Å². The SMILES string of the molecule is O=C1CCC[C@H]([C@@H](NC(=O)c2cc(Br)cc(Br)c2)C(=O)O)C1. The number of benzene rings is 1. The number of carbonyl (C=O) groups is 3. The van der Waals surface area contributed by atoms with Crippen molar-refractivity contribution in [3.05, 3.63) is 32.7 Å². The number of amides is 1. The third kappa shape index (κ3) is 4.39. The third-order valence-corrected chi connectivity index (χ3v) is 4.58. The molecule has 0 saturated heterocycles. The van der Waals surface area contributed by atoms with Crippen molar-refractivity contribution >= 4 is 49.5 Å². The van der Waals surface area contributed by atoms with Crippen LogP contribution in [0.3, 0.4) is 0 Å². The molecule has 0 aromatic heterocycles. The normalized spacial score (nSPS) is 19.5. The number of carbonyl (C=O) groups excluding carboxylic acids is 2. The maximum absolute atomic E-state index is 12.3. The van der Waals surface area contributed by atoms with E-state index in [0.29, 0.717) is 33.8 Å². The van der Waals surface area contributed by atoms with E-state index in [1.165, 1.54) is 0 Å². The largest absolute Gasteiger partial charge is 0.480 e. The predicted octanol–water partition coefficient (Wildman–Crippen LogP) is 3.15. The lowest BCUT2D eigenvalue weighted by atomic mass is 9.83. The van der Waals surface area contributed by atoms with Gasteiger partial charge in [-0.05, 0) is 37.0 Å². The van der Waals surface area contributed by atoms with Gasteiger partial charge in [-0.25, -0.2) is 4.79 Å². The van der Waals surface area contributed by atoms with E-state index in [1.54, 1.807) is 18.2 Å². The Hall–Kier alpha value is -1.21. The fourth-order valence-electron chi connectivity index (χ4n) is 2.63. The lowest BCUT2D eigenvalue weighted by Crippen LogP contribution is -2.47. The average molecular weight is 433 g/mol. The molecule has 2 rings (SSSR count). The van der Waals surface area contributed by atoms with E-state index in [2.05, 4.69) is 37.2 Å². The molecule has 0 aliphatic heterocycles. The Morgan fingerprint density at radius 2 is 1.86 bits per heavy atom. The van der Waals surface area contributed by atoms with Crippen LogP contribution < -0.4 is 5.32 Å². The van der Waals surface area contributed by atoms with Gasteiger partial charge in [0, 0.05) is 27.4 Å². The summed E-state index contributed by atoms with van der Waals surface area (Å²) >= 11 is 6.58. The molecule has 1 aliphatic rings. The lowest BCUT2D eigenvalue weighted by molar-refractivity contribution is -0.141. The molecule has 1 saturated carbocycles. The Morgan fingerprint density at radius 3 is 2.41 bits per heavy atom. The van der Waals surface area contributed by atoms with Gasteiger partial charge in [0.1, 0.15) is 11.8 Å². The fourth-order valence-corrected chi connectivity index (χ4v) is 3.93. The maximum atomic E-state index is 12.3. The third-order valence-electron chi connectivity index (χ3n) is 3.67. The number of rotatable bonds is 4. The molecule has 1 aromatic rings. The number of halogens is 2. The number of hydrogen-bond acceptors (Lipinski definition) is 3. The van der Waals surface area contributed by atoms with Gasteiger partial charge in [-0.2, -0.15) is 0 Å². The summed E-state index contributed by atoms with van der Waals surface area (Å²) in [5, 5.41) is 11.9. The highest BCUT2D eigenvalue weighted by Gasteiger charge is 2.33. The zero-order chi connectivity index (χ0) is 16.3. The first-order valence-corrected chi connectivity index (χ1v) is 8.47. The predicted molar refractivity (Wildman–Crippen MR) is 87.7 cm³/mol. The van der Waals surface area contributed by atoms with E-state index < -0.39 is 17.9 Å². The smallest absolute Gasteiger partial charge is 0.326 e. The number of aliphatic carboxylic acids is 1. The van der Waals surface area contributed by atoms with Gasteiger partial charge in [-0.15, -0.1) is 0 Å². The van der Waals surface area contributed by atoms with Crippen molar-refractivity contribution in [3.8, 4) is 0 Å². The van der Waals surface area contributed by atoms with Crippen LogP contribution in [-0.2, 0) is 9.59 Å². The molecule has 7 heteroatoms. The van der Waals surface area contributed by atoms with E-state index in [4.69, 9.17) is 0 Å². The Kier molecular flexibility index (Phi) is 5.74. The van der Waals surface area contributed by atoms with Gasteiger partial charge in [-0.1, -0.05) is 31.9 Å². The summed E-state index contributed by atoms with van der Waals surface area (Å²) in [6.45, 7) is 0. The van der Waals surface area contributed by atoms with E-state index in [0.717, 1.165) is 0 Å². The van der Waals surface area contributed by atoms with E-state index in [9.17, 15) is 19.5 Å². The molecule has 22 heavy (non-hydrogen) atoms. The number of hydrogen-bond donors (Lipinski definition) is 2. The molecule has 1 amide bonds. The molecule has 1 fully saturated rings. The summed E-state index contributed by atoms with van der Waals surface area (Å²) in [4.78, 5) is 35.3. The highest BCUT2D eigenvalue weighted by molar-refractivity contribution is 9.11. The minimum atomic E-state index is -1.11. The molecule has 1 aliphatic carbocycles. The van der Waals surface area contributed by atoms with Gasteiger partial charge >= 0.3 is 5.97 Å². The Bertz CT molecular complexity index is 597. The van der Waals surface area contributed by atoms with E-state index in [1.807, 2.05) is 0 Å². The van der Waals surface area contributed by atoms with Gasteiger partial charge in [0.15, 0.2) is 0 Å². The zero-order valence-corrected chi connectivity index (χ0v) is 14.8. The number of Topliss-reactive ketones (excluding diaryl/α,β-unsaturated/α-hetero) is 1. The molecule has 118 valence electrons. The molecule has 2 atom stereocenters. The second kappa shape index (κ2) is 7.37. The second-order valence-electron chi connectivity index (χ2n) is 5.34. The average Bonchev–Trinajstić information content (AvgIpc) is 2.43. The lowest BCUT2D eigenvalue weighted by Gasteiger charge is -2.27. The maximum Gasteiger partial charge on any atom is 0.326 e. The minimum Gasteiger partial charge on any atom is -0.480 e. The molecule has 0 unspecified atom stereocenters. The second-order valence-corrected chi connectivity index (χ2v) is 7.17. The molecule has 0 bridgehead atoms. The van der Waals surface area contributed by atoms with Gasteiger partial charge in [0.05, 0.1) is 0 Å². The number of carboxylic acid groups (broad SMARTS) is 1. The van der Waals surface area contributed by atoms with Crippen molar-refractivity contribution in [2.75, 3.05) is 0 Å². The quantitative estimate of drug-likeness (QED) is 0.765. The van der Waals surface area contributed by atoms with E-state index >= 15 is 0 Å². The highest BCUT2D eigenvalue weighted by Crippen LogP contribution is 2.25. The monoisotopic (exact) mass is 431 g/mol. The van der Waals surface area contributed by atoms with Gasteiger partial charge in [0.2, 0.25) is 0 Å². The number of ketones is 1. The van der Waals surface area contributed by atoms with Crippen LogP contribution in [0.5, 0.6) is 0 Å². The summed E-state index contributed by atoms with van der Waals surface area (Å²) in [7, 11) is 0. The summed E-state index contributed by atoms with van der Waals surface area (Å²) < 4.78 is 1.43. The first-order valence-electron chi connectivity index (χ1n) is 6.88. The minimum absolute atomic E-state index is 0.0574. The van der Waals surface area contributed by atoms with Crippen LogP contribution in [0.4, 0.5) is 0 Å². The molecule has 0 heterocycles. The molecular weight excluding hydrogens is 418 g/mol. The summed E-state index contributed by atoms with van der Waals surface area (Å²) in [6.07, 6.45) is 2.01. The first-order chi connectivity index (χ1) is 10.4. The van der Waals surface area contributed by atoms with Crippen molar-refractivity contribution in [1.29, 1.82) is 0 Å². The van der Waals surface area contributed by atoms with Crippen LogP contribution in [0.25, 0.3) is 0 Å². The van der Waals surface area contributed by atoms with Crippen molar-refractivity contribution < 1.29 is 19.5 Å². The van der Waals surface area contributed by atoms with Gasteiger partial charge < -0.3 is 10.4 Å². The highest BCUT2D eigenvalue weighted by atomic mass is 79.9. The van der Waals surface area contributed by atoms with Crippen LogP contribution in [0.15, 0.2) is 27.1 Å². The van der Waals surface area contributed by atoms with Crippen molar-refractivity contribution in [1.82, 2.24) is 5.32 Å². The van der Waals surface area contributed by atoms with E-state index in [-0.39, 0.29) is 18.1 Å². The van der Waals surface area contributed by atoms with Crippen molar-refractivity contribution in [2.24, 2.45) is 5.92 Å². The Balaban J connectivity index is 2.15. The molecular formula is C15H15Br2NO4. The number of carboxylic acids is 1. The summed E-state index contributed by atoms with van der Waals surface area (Å²) in [5.41, 5.74) is 0.356. The number of nitrogens with one attached hydrogen (secondary N) is 1. The van der Waals surface area contributed by atoms with Crippen molar-refractivity contribution in [2.45, 2.75) is 31.7 Å². The summed E-state index contributed by atoms with van der Waals surface area (Å²) in [5.74, 6) is -1.87. The molecule has 0 radical (unpaired) electrons. The molecule has 2 N–H and O–H groups in total. The molecule has 0 spiro atoms. The van der Waals surface area contributed by atoms with Gasteiger partial charge in [-0.3, -0.25) is 9.59 Å². The van der Waals surface area contributed by atoms with Crippen LogP contribution in [-0.4, -0.2) is 28.8 Å². The topological polar surface area (TPSA) is 83.5 Å². The molecule has 5 nitrogen and oxygen atoms in total. The Morgan fingerprint density at radius 1 is 1.23 bits per heavy atom. The van der Waals surface area contributed by atoms with Gasteiger partial charge in [0.25, 0.3) is 5.91 Å². The van der Waals surface area contributed by atoms with Crippen LogP contribution in [0.2, 0.25) is 0 Å². The molecule has 1 aromatic carbocycles. The van der Waals surface area contributed by atoms with Crippen LogP contribution in [0, 0.1) is 5.92 Å². The van der Waals surface area contributed by atoms with Crippen LogP contribution in [0.1, 0.15) is 36.0 Å². The first kappa shape index (κ1) is 17.1. The fraction of sp³-hybridized carbons (Fsp3) is 0.400. The zero-order valence-electron chi connectivity index (χ0n) is 11.6. The van der Waals surface area contributed by atoms with Crippen LogP contribution >= 0.6 is 31.9 Å². The standard InChI is InChI=1S/C15H15Br2NO4/c16-10-4-9(5-11(17)7-10)14(20)18-13(15(21)22)8-2-1-3-12(19)6-8/h4-5,7-8,13H,1-3,6H2,(H,18,20)(H,21,22)/t8-,13+/m0/s1.